The number of esters is 1. The molecule has 35 heavy (non-hydrogen) atoms. The maximum absolute atomic E-state index is 12.9. The Kier molecular flexibility index (Phi) is 6.24. The summed E-state index contributed by atoms with van der Waals surface area (Å²) in [5.41, 5.74) is -1.91. The molecule has 0 bridgehead atoms. The Morgan fingerprint density at radius 2 is 2.09 bits per heavy atom. The number of allylic oxidation sites excluding steroid dienone is 1. The van der Waals surface area contributed by atoms with Crippen molar-refractivity contribution >= 4 is 17.6 Å². The van der Waals surface area contributed by atoms with Crippen LogP contribution in [0.3, 0.4) is 0 Å². The highest BCUT2D eigenvalue weighted by Gasteiger charge is 2.47. The van der Waals surface area contributed by atoms with E-state index in [1.165, 1.54) is 12.3 Å². The summed E-state index contributed by atoms with van der Waals surface area (Å²) in [4.78, 5) is 33.8. The number of nitriles is 1. The van der Waals surface area contributed by atoms with Crippen molar-refractivity contribution in [1.29, 1.82) is 5.26 Å². The van der Waals surface area contributed by atoms with E-state index in [-0.39, 0.29) is 30.5 Å². The molecule has 1 amide bonds. The van der Waals surface area contributed by atoms with Crippen LogP contribution in [0, 0.1) is 16.7 Å². The summed E-state index contributed by atoms with van der Waals surface area (Å²) in [6.45, 7) is 5.62. The van der Waals surface area contributed by atoms with E-state index in [9.17, 15) is 20.0 Å². The number of fused-ring (bicyclic) bond motifs is 1. The molecule has 1 aromatic heterocycles. The molecule has 1 aliphatic heterocycles. The van der Waals surface area contributed by atoms with Crippen molar-refractivity contribution in [2.75, 3.05) is 13.1 Å². The quantitative estimate of drug-likeness (QED) is 0.603. The molecule has 2 aliphatic carbocycles. The Morgan fingerprint density at radius 1 is 1.31 bits per heavy atom. The molecule has 2 heterocycles. The minimum absolute atomic E-state index is 0.0868. The van der Waals surface area contributed by atoms with Gasteiger partial charge in [-0.05, 0) is 69.5 Å². The summed E-state index contributed by atoms with van der Waals surface area (Å²) in [5.74, 6) is -0.766. The molecule has 1 fully saturated rings. The normalized spacial score (nSPS) is 22.6. The third kappa shape index (κ3) is 4.97. The molecule has 2 N–H and O–H groups in total. The monoisotopic (exact) mass is 476 g/mol. The van der Waals surface area contributed by atoms with Crippen LogP contribution in [0.25, 0.3) is 0 Å². The molecule has 1 atom stereocenters. The van der Waals surface area contributed by atoms with Crippen molar-refractivity contribution in [3.05, 3.63) is 59.7 Å². The van der Waals surface area contributed by atoms with Gasteiger partial charge in [0.15, 0.2) is 11.5 Å². The van der Waals surface area contributed by atoms with Gasteiger partial charge in [0, 0.05) is 18.3 Å². The van der Waals surface area contributed by atoms with Crippen molar-refractivity contribution in [1.82, 2.24) is 10.3 Å². The minimum atomic E-state index is -1.39. The van der Waals surface area contributed by atoms with Crippen molar-refractivity contribution < 1.29 is 24.2 Å². The Balaban J connectivity index is 1.47. The molecular weight excluding hydrogens is 448 g/mol. The number of ether oxygens (including phenoxy) is 2. The van der Waals surface area contributed by atoms with Crippen LogP contribution in [-0.4, -0.2) is 52.0 Å². The van der Waals surface area contributed by atoms with Crippen molar-refractivity contribution in [2.24, 2.45) is 10.4 Å². The van der Waals surface area contributed by atoms with Gasteiger partial charge in [0.2, 0.25) is 5.60 Å². The zero-order valence-electron chi connectivity index (χ0n) is 20.0. The highest BCUT2D eigenvalue weighted by molar-refractivity contribution is 6.45. The van der Waals surface area contributed by atoms with E-state index in [0.29, 0.717) is 29.7 Å². The Morgan fingerprint density at radius 3 is 2.69 bits per heavy atom. The number of aromatic nitrogens is 1. The van der Waals surface area contributed by atoms with E-state index in [0.717, 1.165) is 6.42 Å². The van der Waals surface area contributed by atoms with Gasteiger partial charge >= 0.3 is 5.97 Å². The molecule has 4 rings (SSSR count). The lowest BCUT2D eigenvalue weighted by atomic mass is 9.68. The molecule has 1 saturated carbocycles. The molecule has 0 saturated heterocycles. The first-order valence-corrected chi connectivity index (χ1v) is 11.5. The van der Waals surface area contributed by atoms with Gasteiger partial charge < -0.3 is 19.9 Å². The fraction of sp³-hybridized carbons (Fsp3) is 0.423. The summed E-state index contributed by atoms with van der Waals surface area (Å²) in [6, 6.07) is 5.52. The Hall–Kier alpha value is -3.93. The minimum Gasteiger partial charge on any atom is -0.505 e. The lowest BCUT2D eigenvalue weighted by molar-refractivity contribution is -0.173. The first-order chi connectivity index (χ1) is 16.6. The second kappa shape index (κ2) is 9.02. The van der Waals surface area contributed by atoms with Crippen molar-refractivity contribution in [3.63, 3.8) is 0 Å². The molecule has 9 nitrogen and oxygen atoms in total. The number of rotatable bonds is 6. The average molecular weight is 477 g/mol. The number of aliphatic imine (C=N–C) groups is 1. The number of hydrogen-bond donors (Lipinski definition) is 2. The van der Waals surface area contributed by atoms with E-state index < -0.39 is 22.5 Å². The van der Waals surface area contributed by atoms with Gasteiger partial charge in [-0.2, -0.15) is 5.26 Å². The summed E-state index contributed by atoms with van der Waals surface area (Å²) < 4.78 is 11.4. The fourth-order valence-electron chi connectivity index (χ4n) is 4.14. The SMILES string of the molecule is CC(C)(C)OC(=O)C1(CNC(=O)C2=NCC3=CC(C#N)(Oc4cccnc4)C=CC3=C2O)CCC1. The van der Waals surface area contributed by atoms with Crippen molar-refractivity contribution in [3.8, 4) is 11.8 Å². The molecule has 1 unspecified atom stereocenters. The van der Waals surface area contributed by atoms with Gasteiger partial charge in [-0.25, -0.2) is 0 Å². The van der Waals surface area contributed by atoms with E-state index in [1.807, 2.05) is 20.8 Å². The number of aliphatic hydroxyl groups excluding tert-OH is 1. The topological polar surface area (TPSA) is 134 Å². The van der Waals surface area contributed by atoms with Gasteiger partial charge in [0.1, 0.15) is 17.4 Å². The number of nitrogens with zero attached hydrogens (tertiary/aromatic N) is 3. The predicted octanol–water partition coefficient (Wildman–Crippen LogP) is 3.11. The first-order valence-electron chi connectivity index (χ1n) is 11.5. The number of nitrogens with one attached hydrogen (secondary N) is 1. The van der Waals surface area contributed by atoms with Crippen molar-refractivity contribution in [2.45, 2.75) is 51.2 Å². The maximum atomic E-state index is 12.9. The van der Waals surface area contributed by atoms with Crippen LogP contribution in [0.2, 0.25) is 0 Å². The number of aliphatic hydroxyl groups is 1. The largest absolute Gasteiger partial charge is 0.505 e. The Labute approximate surface area is 203 Å². The fourth-order valence-corrected chi connectivity index (χ4v) is 4.14. The summed E-state index contributed by atoms with van der Waals surface area (Å²) in [6.07, 6.45) is 9.89. The van der Waals surface area contributed by atoms with E-state index >= 15 is 0 Å². The number of pyridine rings is 1. The third-order valence-corrected chi connectivity index (χ3v) is 6.16. The molecule has 0 radical (unpaired) electrons. The molecule has 182 valence electrons. The van der Waals surface area contributed by atoms with Crippen LogP contribution in [0.15, 0.2) is 64.7 Å². The highest BCUT2D eigenvalue weighted by atomic mass is 16.6. The molecular formula is C26H28N4O5. The van der Waals surface area contributed by atoms with Crippen LogP contribution in [0.1, 0.15) is 40.0 Å². The summed E-state index contributed by atoms with van der Waals surface area (Å²) in [5, 5.41) is 23.3. The second-order valence-corrected chi connectivity index (χ2v) is 9.94. The Bertz CT molecular complexity index is 1200. The van der Waals surface area contributed by atoms with Crippen LogP contribution < -0.4 is 10.1 Å². The number of amides is 1. The molecule has 0 aromatic carbocycles. The number of dihydropyridines is 1. The lowest BCUT2D eigenvalue weighted by Gasteiger charge is -2.41. The van der Waals surface area contributed by atoms with Crippen LogP contribution in [0.5, 0.6) is 5.75 Å². The van der Waals surface area contributed by atoms with Crippen LogP contribution in [-0.2, 0) is 14.3 Å². The summed E-state index contributed by atoms with van der Waals surface area (Å²) in [7, 11) is 0. The standard InChI is InChI=1S/C26H28N4O5/c1-24(2,3)35-23(33)25(8-5-9-25)16-30-22(32)20-21(31)19-7-10-26(15-27,12-17(19)13-29-20)34-18-6-4-11-28-14-18/h4,6-7,10-12,14,31H,5,8-9,13,16H2,1-3H3,(H,30,32). The van der Waals surface area contributed by atoms with E-state index in [1.54, 1.807) is 30.5 Å². The van der Waals surface area contributed by atoms with E-state index in [2.05, 4.69) is 21.4 Å². The average Bonchev–Trinajstić information content (AvgIpc) is 2.78. The zero-order valence-corrected chi connectivity index (χ0v) is 20.0. The van der Waals surface area contributed by atoms with Crippen LogP contribution >= 0.6 is 0 Å². The highest BCUT2D eigenvalue weighted by Crippen LogP contribution is 2.42. The first kappa shape index (κ1) is 24.2. The van der Waals surface area contributed by atoms with Gasteiger partial charge in [-0.3, -0.25) is 19.6 Å². The second-order valence-electron chi connectivity index (χ2n) is 9.94. The molecule has 1 aromatic rings. The predicted molar refractivity (Wildman–Crippen MR) is 128 cm³/mol. The number of carbonyl (C=O) groups excluding carboxylic acids is 2. The van der Waals surface area contributed by atoms with Crippen LogP contribution in [0.4, 0.5) is 0 Å². The zero-order chi connectivity index (χ0) is 25.3. The number of hydrogen-bond acceptors (Lipinski definition) is 8. The van der Waals surface area contributed by atoms with Gasteiger partial charge in [-0.1, -0.05) is 6.42 Å². The third-order valence-electron chi connectivity index (χ3n) is 6.16. The number of carbonyl (C=O) groups is 2. The maximum Gasteiger partial charge on any atom is 0.314 e. The van der Waals surface area contributed by atoms with Gasteiger partial charge in [-0.15, -0.1) is 0 Å². The smallest absolute Gasteiger partial charge is 0.314 e. The van der Waals surface area contributed by atoms with Gasteiger partial charge in [0.25, 0.3) is 5.91 Å². The summed E-state index contributed by atoms with van der Waals surface area (Å²) >= 11 is 0. The molecule has 0 spiro atoms. The van der Waals surface area contributed by atoms with Gasteiger partial charge in [0.05, 0.1) is 18.2 Å². The van der Waals surface area contributed by atoms with E-state index in [4.69, 9.17) is 9.47 Å². The lowest BCUT2D eigenvalue weighted by Crippen LogP contribution is -2.51. The molecule has 9 heteroatoms. The molecule has 3 aliphatic rings.